The van der Waals surface area contributed by atoms with Gasteiger partial charge in [0.2, 0.25) is 0 Å². The highest BCUT2D eigenvalue weighted by Gasteiger charge is 2.35. The van der Waals surface area contributed by atoms with Gasteiger partial charge < -0.3 is 11.1 Å². The molecular weight excluding hydrogens is 295 g/mol. The molecule has 0 aromatic heterocycles. The topological polar surface area (TPSA) is 81.2 Å². The molecule has 1 aromatic rings. The second kappa shape index (κ2) is 4.94. The lowest BCUT2D eigenvalue weighted by Gasteiger charge is -2.12. The summed E-state index contributed by atoms with van der Waals surface area (Å²) in [6, 6.07) is 1.07. The Kier molecular flexibility index (Phi) is 3.97. The first-order valence-corrected chi connectivity index (χ1v) is 5.03. The fourth-order valence-electron chi connectivity index (χ4n) is 1.16. The molecule has 0 aliphatic carbocycles. The predicted molar refractivity (Wildman–Crippen MR) is 63.5 cm³/mol. The first kappa shape index (κ1) is 14.5. The monoisotopic (exact) mass is 299 g/mol. The van der Waals surface area contributed by atoms with Crippen molar-refractivity contribution < 1.29 is 18.1 Å². The average Bonchev–Trinajstić information content (AvgIpc) is 2.17. The Morgan fingerprint density at radius 1 is 1.50 bits per heavy atom. The summed E-state index contributed by atoms with van der Waals surface area (Å²) in [5.74, 6) is 0. The first-order valence-electron chi connectivity index (χ1n) is 4.24. The summed E-state index contributed by atoms with van der Waals surface area (Å²) >= 11 is 9.77. The Hall–Kier alpha value is -1.61. The SMILES string of the molecule is NC(=S)Nc1cc(C(F)(F)F)c(Cl)cc1[N+](=O)[O-]. The lowest BCUT2D eigenvalue weighted by Crippen LogP contribution is -2.20. The Morgan fingerprint density at radius 2 is 2.06 bits per heavy atom. The van der Waals surface area contributed by atoms with E-state index in [1.165, 1.54) is 0 Å². The molecule has 0 radical (unpaired) electrons. The number of nitrogens with zero attached hydrogens (tertiary/aromatic N) is 1. The van der Waals surface area contributed by atoms with Crippen LogP contribution in [0.15, 0.2) is 12.1 Å². The lowest BCUT2D eigenvalue weighted by atomic mass is 10.1. The maximum atomic E-state index is 12.6. The van der Waals surface area contributed by atoms with E-state index in [0.29, 0.717) is 12.1 Å². The molecule has 1 rings (SSSR count). The molecule has 0 fully saturated rings. The van der Waals surface area contributed by atoms with E-state index in [-0.39, 0.29) is 0 Å². The summed E-state index contributed by atoms with van der Waals surface area (Å²) in [6.07, 6.45) is -4.74. The normalized spacial score (nSPS) is 11.1. The van der Waals surface area contributed by atoms with Crippen molar-refractivity contribution >= 4 is 40.3 Å². The summed E-state index contributed by atoms with van der Waals surface area (Å²) in [5.41, 5.74) is 2.74. The number of rotatable bonds is 2. The molecule has 0 amide bonds. The number of hydrogen-bond acceptors (Lipinski definition) is 3. The average molecular weight is 300 g/mol. The van der Waals surface area contributed by atoms with Crippen LogP contribution in [0, 0.1) is 10.1 Å². The zero-order chi connectivity index (χ0) is 14.1. The molecule has 0 unspecified atom stereocenters. The summed E-state index contributed by atoms with van der Waals surface area (Å²) < 4.78 is 37.7. The van der Waals surface area contributed by atoms with Gasteiger partial charge in [-0.3, -0.25) is 10.1 Å². The fourth-order valence-corrected chi connectivity index (χ4v) is 1.54. The maximum absolute atomic E-state index is 12.6. The second-order valence-corrected chi connectivity index (χ2v) is 3.94. The predicted octanol–water partition coefficient (Wildman–Crippen LogP) is 2.92. The molecule has 0 aliphatic rings. The molecule has 1 aromatic carbocycles. The minimum atomic E-state index is -4.74. The largest absolute Gasteiger partial charge is 0.417 e. The van der Waals surface area contributed by atoms with E-state index < -0.39 is 38.2 Å². The maximum Gasteiger partial charge on any atom is 0.417 e. The first-order chi connectivity index (χ1) is 8.12. The van der Waals surface area contributed by atoms with Crippen LogP contribution in [0.4, 0.5) is 24.5 Å². The van der Waals surface area contributed by atoms with Crippen molar-refractivity contribution in [2.45, 2.75) is 6.18 Å². The van der Waals surface area contributed by atoms with E-state index in [4.69, 9.17) is 17.3 Å². The number of nitro benzene ring substituents is 1. The van der Waals surface area contributed by atoms with Gasteiger partial charge in [-0.25, -0.2) is 0 Å². The number of benzene rings is 1. The van der Waals surface area contributed by atoms with Gasteiger partial charge >= 0.3 is 6.18 Å². The van der Waals surface area contributed by atoms with Crippen molar-refractivity contribution in [3.8, 4) is 0 Å². The number of hydrogen-bond donors (Lipinski definition) is 2. The second-order valence-electron chi connectivity index (χ2n) is 3.09. The van der Waals surface area contributed by atoms with Gasteiger partial charge in [0.1, 0.15) is 5.69 Å². The third-order valence-electron chi connectivity index (χ3n) is 1.85. The van der Waals surface area contributed by atoms with E-state index in [1.807, 2.05) is 0 Å². The molecular formula is C8H5ClF3N3O2S. The van der Waals surface area contributed by atoms with Crippen LogP contribution in [0.25, 0.3) is 0 Å². The van der Waals surface area contributed by atoms with Gasteiger partial charge in [0, 0.05) is 6.07 Å². The molecule has 0 saturated heterocycles. The highest BCUT2D eigenvalue weighted by molar-refractivity contribution is 7.80. The van der Waals surface area contributed by atoms with E-state index in [2.05, 4.69) is 17.5 Å². The van der Waals surface area contributed by atoms with Crippen molar-refractivity contribution in [3.63, 3.8) is 0 Å². The van der Waals surface area contributed by atoms with Crippen molar-refractivity contribution in [2.24, 2.45) is 5.73 Å². The van der Waals surface area contributed by atoms with Crippen LogP contribution >= 0.6 is 23.8 Å². The highest BCUT2D eigenvalue weighted by atomic mass is 35.5. The van der Waals surface area contributed by atoms with Crippen LogP contribution in [0.2, 0.25) is 5.02 Å². The molecule has 0 atom stereocenters. The molecule has 0 aliphatic heterocycles. The van der Waals surface area contributed by atoms with Crippen molar-refractivity contribution in [1.82, 2.24) is 0 Å². The molecule has 3 N–H and O–H groups in total. The minimum absolute atomic E-state index is 0.395. The Balaban J connectivity index is 3.45. The number of nitrogens with two attached hydrogens (primary N) is 1. The van der Waals surface area contributed by atoms with Gasteiger partial charge in [-0.1, -0.05) is 11.6 Å². The van der Waals surface area contributed by atoms with Crippen molar-refractivity contribution in [1.29, 1.82) is 0 Å². The molecule has 0 heterocycles. The number of alkyl halides is 3. The molecule has 0 saturated carbocycles. The third-order valence-corrected chi connectivity index (χ3v) is 2.26. The number of halogens is 4. The van der Waals surface area contributed by atoms with Gasteiger partial charge in [0.05, 0.1) is 15.5 Å². The summed E-state index contributed by atoms with van der Waals surface area (Å²) in [7, 11) is 0. The molecule has 18 heavy (non-hydrogen) atoms. The van der Waals surface area contributed by atoms with Crippen LogP contribution in [0.5, 0.6) is 0 Å². The highest BCUT2D eigenvalue weighted by Crippen LogP contribution is 2.40. The van der Waals surface area contributed by atoms with E-state index in [1.54, 1.807) is 0 Å². The molecule has 0 spiro atoms. The number of anilines is 1. The number of nitrogens with one attached hydrogen (secondary N) is 1. The number of thiocarbonyl (C=S) groups is 1. The fraction of sp³-hybridized carbons (Fsp3) is 0.125. The van der Waals surface area contributed by atoms with Crippen LogP contribution < -0.4 is 11.1 Å². The standard InChI is InChI=1S/C8H5ClF3N3O2S/c9-4-2-6(15(16)17)5(14-7(13)18)1-3(4)8(10,11)12/h1-2H,(H3,13,14,18). The zero-order valence-corrected chi connectivity index (χ0v) is 9.99. The van der Waals surface area contributed by atoms with Crippen LogP contribution in [-0.4, -0.2) is 10.0 Å². The van der Waals surface area contributed by atoms with Gasteiger partial charge in [0.15, 0.2) is 5.11 Å². The Bertz CT molecular complexity index is 521. The summed E-state index contributed by atoms with van der Waals surface area (Å²) in [4.78, 5) is 9.76. The zero-order valence-electron chi connectivity index (χ0n) is 8.42. The Labute approximate surface area is 109 Å². The van der Waals surface area contributed by atoms with Gasteiger partial charge in [-0.05, 0) is 18.3 Å². The summed E-state index contributed by atoms with van der Waals surface area (Å²) in [6.45, 7) is 0. The molecule has 0 bridgehead atoms. The molecule has 98 valence electrons. The van der Waals surface area contributed by atoms with Crippen LogP contribution in [0.3, 0.4) is 0 Å². The lowest BCUT2D eigenvalue weighted by molar-refractivity contribution is -0.383. The third kappa shape index (κ3) is 3.20. The molecule has 10 heteroatoms. The van der Waals surface area contributed by atoms with Gasteiger partial charge in [0.25, 0.3) is 5.69 Å². The van der Waals surface area contributed by atoms with E-state index in [9.17, 15) is 23.3 Å². The summed E-state index contributed by atoms with van der Waals surface area (Å²) in [5, 5.41) is 11.6. The van der Waals surface area contributed by atoms with Crippen molar-refractivity contribution in [3.05, 3.63) is 32.8 Å². The smallest absolute Gasteiger partial charge is 0.376 e. The number of nitro groups is 1. The van der Waals surface area contributed by atoms with Crippen molar-refractivity contribution in [2.75, 3.05) is 5.32 Å². The Morgan fingerprint density at radius 3 is 2.44 bits per heavy atom. The van der Waals surface area contributed by atoms with E-state index >= 15 is 0 Å². The quantitative estimate of drug-likeness (QED) is 0.498. The van der Waals surface area contributed by atoms with Crippen LogP contribution in [-0.2, 0) is 6.18 Å². The van der Waals surface area contributed by atoms with Gasteiger partial charge in [-0.15, -0.1) is 0 Å². The molecule has 5 nitrogen and oxygen atoms in total. The minimum Gasteiger partial charge on any atom is -0.376 e. The van der Waals surface area contributed by atoms with E-state index in [0.717, 1.165) is 0 Å². The van der Waals surface area contributed by atoms with Crippen LogP contribution in [0.1, 0.15) is 5.56 Å². The van der Waals surface area contributed by atoms with Gasteiger partial charge in [-0.2, -0.15) is 13.2 Å².